The van der Waals surface area contributed by atoms with Crippen LogP contribution in [0.15, 0.2) is 53.3 Å². The van der Waals surface area contributed by atoms with E-state index < -0.39 is 0 Å². The fraction of sp³-hybridized carbons (Fsp3) is 0.375. The molecule has 0 aromatic heterocycles. The minimum absolute atomic E-state index is 0.257. The lowest BCUT2D eigenvalue weighted by Gasteiger charge is -2.16. The third-order valence-corrected chi connectivity index (χ3v) is 4.64. The molecule has 0 saturated heterocycles. The number of hydrogen-bond acceptors (Lipinski definition) is 3. The van der Waals surface area contributed by atoms with Crippen molar-refractivity contribution in [2.75, 3.05) is 18.1 Å². The van der Waals surface area contributed by atoms with Crippen molar-refractivity contribution in [3.63, 3.8) is 0 Å². The lowest BCUT2D eigenvalue weighted by Crippen LogP contribution is -2.19. The third kappa shape index (κ3) is 6.37. The monoisotopic (exact) mass is 293 g/mol. The summed E-state index contributed by atoms with van der Waals surface area (Å²) in [6, 6.07) is 10.8. The van der Waals surface area contributed by atoms with Gasteiger partial charge in [-0.2, -0.15) is 0 Å². The van der Waals surface area contributed by atoms with Crippen molar-refractivity contribution in [2.24, 2.45) is 0 Å². The Balaban J connectivity index is 2.88. The summed E-state index contributed by atoms with van der Waals surface area (Å²) in [7, 11) is 0. The Bertz CT molecular complexity index is 379. The van der Waals surface area contributed by atoms with Crippen LogP contribution in [0, 0.1) is 0 Å². The van der Waals surface area contributed by atoms with Crippen molar-refractivity contribution in [2.45, 2.75) is 19.9 Å². The predicted molar refractivity (Wildman–Crippen MR) is 91.7 cm³/mol. The van der Waals surface area contributed by atoms with Gasteiger partial charge in [0.2, 0.25) is 0 Å². The Morgan fingerprint density at radius 2 is 1.84 bits per heavy atom. The molecule has 1 aromatic rings. The molecule has 1 aromatic carbocycles. The van der Waals surface area contributed by atoms with Crippen molar-refractivity contribution in [1.29, 1.82) is 0 Å². The van der Waals surface area contributed by atoms with Gasteiger partial charge in [-0.3, -0.25) is 0 Å². The van der Waals surface area contributed by atoms with Gasteiger partial charge >= 0.3 is 0 Å². The zero-order valence-electron chi connectivity index (χ0n) is 11.8. The van der Waals surface area contributed by atoms with Gasteiger partial charge in [-0.15, -0.1) is 30.1 Å². The average Bonchev–Trinajstić information content (AvgIpc) is 2.44. The molecule has 3 heteroatoms. The fourth-order valence-corrected chi connectivity index (χ4v) is 3.78. The van der Waals surface area contributed by atoms with E-state index in [4.69, 9.17) is 0 Å². The van der Waals surface area contributed by atoms with Gasteiger partial charge in [0, 0.05) is 10.8 Å². The topological polar surface area (TPSA) is 12.0 Å². The number of benzene rings is 1. The molecule has 1 atom stereocenters. The number of rotatable bonds is 9. The zero-order valence-corrected chi connectivity index (χ0v) is 13.4. The van der Waals surface area contributed by atoms with Gasteiger partial charge in [-0.05, 0) is 23.1 Å². The highest BCUT2D eigenvalue weighted by Crippen LogP contribution is 2.31. The average molecular weight is 294 g/mol. The van der Waals surface area contributed by atoms with Crippen LogP contribution in [0.4, 0.5) is 0 Å². The first-order chi connectivity index (χ1) is 9.31. The molecule has 1 nitrogen and oxygen atoms in total. The molecule has 0 saturated carbocycles. The summed E-state index contributed by atoms with van der Waals surface area (Å²) in [5.74, 6) is 2.23. The van der Waals surface area contributed by atoms with Crippen LogP contribution in [0.25, 0.3) is 0 Å². The predicted octanol–water partition coefficient (Wildman–Crippen LogP) is 4.85. The van der Waals surface area contributed by atoms with E-state index in [1.807, 2.05) is 29.6 Å². The van der Waals surface area contributed by atoms with Gasteiger partial charge in [0.05, 0.1) is 6.04 Å². The molecule has 104 valence electrons. The molecule has 0 spiro atoms. The molecule has 0 aliphatic heterocycles. The van der Waals surface area contributed by atoms with E-state index in [9.17, 15) is 0 Å². The number of hydrogen-bond donors (Lipinski definition) is 1. The smallest absolute Gasteiger partial charge is 0.0527 e. The molecular weight excluding hydrogens is 270 g/mol. The van der Waals surface area contributed by atoms with Gasteiger partial charge in [0.1, 0.15) is 0 Å². The molecule has 0 radical (unpaired) electrons. The Kier molecular flexibility index (Phi) is 8.80. The largest absolute Gasteiger partial charge is 0.303 e. The van der Waals surface area contributed by atoms with Crippen LogP contribution in [0.3, 0.4) is 0 Å². The molecule has 1 rings (SSSR count). The maximum Gasteiger partial charge on any atom is 0.0527 e. The van der Waals surface area contributed by atoms with E-state index in [1.165, 1.54) is 9.80 Å². The van der Waals surface area contributed by atoms with Gasteiger partial charge < -0.3 is 5.32 Å². The van der Waals surface area contributed by atoms with Crippen molar-refractivity contribution in [3.8, 4) is 0 Å². The van der Waals surface area contributed by atoms with Crippen LogP contribution in [0.2, 0.25) is 0 Å². The van der Waals surface area contributed by atoms with Crippen LogP contribution in [0.5, 0.6) is 0 Å². The Hall–Kier alpha value is -0.640. The molecule has 0 bridgehead atoms. The van der Waals surface area contributed by atoms with Crippen molar-refractivity contribution in [3.05, 3.63) is 58.9 Å². The third-order valence-electron chi connectivity index (χ3n) is 2.52. The minimum Gasteiger partial charge on any atom is -0.303 e. The molecule has 0 amide bonds. The van der Waals surface area contributed by atoms with Gasteiger partial charge in [-0.1, -0.05) is 50.3 Å². The van der Waals surface area contributed by atoms with E-state index in [1.54, 1.807) is 0 Å². The summed E-state index contributed by atoms with van der Waals surface area (Å²) < 4.78 is 1.40. The normalized spacial score (nSPS) is 11.9. The molecule has 0 aliphatic carbocycles. The highest BCUT2D eigenvalue weighted by atomic mass is 32.2. The Morgan fingerprint density at radius 3 is 2.37 bits per heavy atom. The van der Waals surface area contributed by atoms with Crippen LogP contribution in [-0.4, -0.2) is 18.1 Å². The summed E-state index contributed by atoms with van der Waals surface area (Å²) in [6.07, 6.45) is 4.24. The first-order valence-corrected chi connectivity index (χ1v) is 8.65. The SMILES string of the molecule is C=CCNC(C=C(SCC)SCC)c1ccccc1. The summed E-state index contributed by atoms with van der Waals surface area (Å²) in [5, 5.41) is 3.51. The lowest BCUT2D eigenvalue weighted by molar-refractivity contribution is 0.673. The van der Waals surface area contributed by atoms with Gasteiger partial charge in [-0.25, -0.2) is 0 Å². The molecular formula is C16H23NS2. The van der Waals surface area contributed by atoms with Crippen molar-refractivity contribution < 1.29 is 0 Å². The second-order valence-electron chi connectivity index (χ2n) is 3.94. The fourth-order valence-electron chi connectivity index (χ4n) is 1.70. The van der Waals surface area contributed by atoms with E-state index >= 15 is 0 Å². The van der Waals surface area contributed by atoms with Gasteiger partial charge in [0.15, 0.2) is 0 Å². The zero-order chi connectivity index (χ0) is 13.9. The highest BCUT2D eigenvalue weighted by molar-refractivity contribution is 8.22. The van der Waals surface area contributed by atoms with Gasteiger partial charge in [0.25, 0.3) is 0 Å². The standard InChI is InChI=1S/C16H23NS2/c1-4-12-17-15(14-10-8-7-9-11-14)13-16(18-5-2)19-6-3/h4,7-11,13,15,17H,1,5-6,12H2,2-3H3. The maximum atomic E-state index is 3.78. The second kappa shape index (κ2) is 10.2. The molecule has 0 aliphatic rings. The highest BCUT2D eigenvalue weighted by Gasteiger charge is 2.08. The van der Waals surface area contributed by atoms with Crippen LogP contribution < -0.4 is 5.32 Å². The molecule has 1 unspecified atom stereocenters. The summed E-state index contributed by atoms with van der Waals surface area (Å²) in [5.41, 5.74) is 1.30. The van der Waals surface area contributed by atoms with E-state index in [2.05, 4.69) is 62.2 Å². The summed E-state index contributed by atoms with van der Waals surface area (Å²) in [6.45, 7) is 9.00. The van der Waals surface area contributed by atoms with Crippen LogP contribution in [0.1, 0.15) is 25.5 Å². The molecule has 19 heavy (non-hydrogen) atoms. The molecule has 1 N–H and O–H groups in total. The Labute approximate surface area is 125 Å². The minimum atomic E-state index is 0.257. The van der Waals surface area contributed by atoms with Crippen LogP contribution >= 0.6 is 23.5 Å². The summed E-state index contributed by atoms with van der Waals surface area (Å²) in [4.78, 5) is 0. The van der Waals surface area contributed by atoms with Crippen molar-refractivity contribution in [1.82, 2.24) is 5.32 Å². The number of nitrogens with one attached hydrogen (secondary N) is 1. The van der Waals surface area contributed by atoms with E-state index in [-0.39, 0.29) is 6.04 Å². The quantitative estimate of drug-likeness (QED) is 0.654. The van der Waals surface area contributed by atoms with E-state index in [0.29, 0.717) is 0 Å². The lowest BCUT2D eigenvalue weighted by atomic mass is 10.1. The molecule has 0 heterocycles. The first kappa shape index (κ1) is 16.4. The Morgan fingerprint density at radius 1 is 1.21 bits per heavy atom. The number of thioether (sulfide) groups is 2. The maximum absolute atomic E-state index is 3.78. The van der Waals surface area contributed by atoms with Crippen LogP contribution in [-0.2, 0) is 0 Å². The molecule has 0 fully saturated rings. The first-order valence-electron chi connectivity index (χ1n) is 6.68. The van der Waals surface area contributed by atoms with Crippen molar-refractivity contribution >= 4 is 23.5 Å². The second-order valence-corrected chi connectivity index (χ2v) is 6.81. The summed E-state index contributed by atoms with van der Waals surface area (Å²) >= 11 is 3.83. The van der Waals surface area contributed by atoms with E-state index in [0.717, 1.165) is 18.1 Å².